The minimum atomic E-state index is -3.69. The minimum absolute atomic E-state index is 0.128. The molecule has 33 heavy (non-hydrogen) atoms. The van der Waals surface area contributed by atoms with Gasteiger partial charge in [0, 0.05) is 51.3 Å². The highest BCUT2D eigenvalue weighted by molar-refractivity contribution is 7.89. The summed E-state index contributed by atoms with van der Waals surface area (Å²) in [7, 11) is 0.103. The largest absolute Gasteiger partial charge is 0.490 e. The van der Waals surface area contributed by atoms with Crippen LogP contribution in [-0.2, 0) is 14.8 Å². The molecule has 2 aromatic carbocycles. The maximum atomic E-state index is 13.2. The lowest BCUT2D eigenvalue weighted by atomic mass is 9.97. The second-order valence-corrected chi connectivity index (χ2v) is 10.7. The van der Waals surface area contributed by atoms with E-state index in [4.69, 9.17) is 21.1 Å². The number of benzene rings is 2. The molecule has 1 fully saturated rings. The van der Waals surface area contributed by atoms with E-state index < -0.39 is 10.0 Å². The van der Waals surface area contributed by atoms with Gasteiger partial charge in [-0.1, -0.05) is 11.6 Å². The number of amides is 1. The van der Waals surface area contributed by atoms with Crippen molar-refractivity contribution < 1.29 is 22.7 Å². The third-order valence-electron chi connectivity index (χ3n) is 5.88. The van der Waals surface area contributed by atoms with Crippen molar-refractivity contribution in [1.82, 2.24) is 4.31 Å². The summed E-state index contributed by atoms with van der Waals surface area (Å²) in [4.78, 5) is 14.8. The van der Waals surface area contributed by atoms with Crippen LogP contribution < -0.4 is 19.7 Å². The molecule has 8 nitrogen and oxygen atoms in total. The van der Waals surface area contributed by atoms with Gasteiger partial charge >= 0.3 is 0 Å². The van der Waals surface area contributed by atoms with Crippen LogP contribution in [0.3, 0.4) is 0 Å². The summed E-state index contributed by atoms with van der Waals surface area (Å²) in [5.74, 6) is 0.603. The van der Waals surface area contributed by atoms with Gasteiger partial charge in [0.1, 0.15) is 0 Å². The Morgan fingerprint density at radius 2 is 1.76 bits per heavy atom. The molecule has 2 aliphatic heterocycles. The molecule has 4 rings (SSSR count). The van der Waals surface area contributed by atoms with E-state index in [0.717, 1.165) is 12.1 Å². The fraction of sp³-hybridized carbons (Fsp3) is 0.435. The van der Waals surface area contributed by atoms with Gasteiger partial charge in [-0.3, -0.25) is 4.79 Å². The molecular weight excluding hydrogens is 466 g/mol. The second kappa shape index (κ2) is 9.79. The lowest BCUT2D eigenvalue weighted by Gasteiger charge is -2.30. The normalized spacial score (nSPS) is 17.3. The molecule has 1 N–H and O–H groups in total. The van der Waals surface area contributed by atoms with Crippen molar-refractivity contribution in [3.8, 4) is 11.5 Å². The molecule has 0 aromatic heterocycles. The van der Waals surface area contributed by atoms with Crippen molar-refractivity contribution in [3.63, 3.8) is 0 Å². The molecule has 10 heteroatoms. The molecule has 0 bridgehead atoms. The molecule has 0 unspecified atom stereocenters. The Labute approximate surface area is 199 Å². The zero-order chi connectivity index (χ0) is 23.6. The molecule has 1 saturated heterocycles. The average molecular weight is 494 g/mol. The molecule has 2 aliphatic rings. The molecule has 0 atom stereocenters. The van der Waals surface area contributed by atoms with E-state index in [-0.39, 0.29) is 29.8 Å². The van der Waals surface area contributed by atoms with Gasteiger partial charge in [0.25, 0.3) is 0 Å². The zero-order valence-electron chi connectivity index (χ0n) is 18.7. The van der Waals surface area contributed by atoms with Gasteiger partial charge < -0.3 is 19.7 Å². The Kier molecular flexibility index (Phi) is 7.02. The van der Waals surface area contributed by atoms with Crippen LogP contribution in [0.5, 0.6) is 11.5 Å². The first kappa shape index (κ1) is 23.7. The fourth-order valence-electron chi connectivity index (χ4n) is 4.00. The van der Waals surface area contributed by atoms with Crippen LogP contribution in [0, 0.1) is 5.92 Å². The van der Waals surface area contributed by atoms with E-state index in [1.807, 2.05) is 31.1 Å². The van der Waals surface area contributed by atoms with Crippen LogP contribution in [-0.4, -0.2) is 59.0 Å². The Balaban J connectivity index is 1.38. The maximum Gasteiger partial charge on any atom is 0.243 e. The Hall–Kier alpha value is -2.49. The van der Waals surface area contributed by atoms with Gasteiger partial charge in [-0.25, -0.2) is 8.42 Å². The smallest absolute Gasteiger partial charge is 0.243 e. The third kappa shape index (κ3) is 5.20. The number of hydrogen-bond donors (Lipinski definition) is 1. The minimum Gasteiger partial charge on any atom is -0.490 e. The predicted molar refractivity (Wildman–Crippen MR) is 128 cm³/mol. The molecule has 2 heterocycles. The molecule has 0 spiro atoms. The van der Waals surface area contributed by atoms with Crippen molar-refractivity contribution in [3.05, 3.63) is 41.4 Å². The number of anilines is 2. The highest BCUT2D eigenvalue weighted by atomic mass is 35.5. The molecule has 0 radical (unpaired) electrons. The predicted octanol–water partition coefficient (Wildman–Crippen LogP) is 3.61. The van der Waals surface area contributed by atoms with E-state index in [9.17, 15) is 13.2 Å². The van der Waals surface area contributed by atoms with Gasteiger partial charge in [-0.15, -0.1) is 0 Å². The summed E-state index contributed by atoms with van der Waals surface area (Å²) >= 11 is 6.29. The third-order valence-corrected chi connectivity index (χ3v) is 8.08. The van der Waals surface area contributed by atoms with Crippen LogP contribution in [0.1, 0.15) is 19.3 Å². The van der Waals surface area contributed by atoms with Crippen LogP contribution in [0.25, 0.3) is 0 Å². The van der Waals surface area contributed by atoms with Crippen LogP contribution in [0.2, 0.25) is 5.02 Å². The summed E-state index contributed by atoms with van der Waals surface area (Å²) < 4.78 is 39.0. The van der Waals surface area contributed by atoms with E-state index >= 15 is 0 Å². The van der Waals surface area contributed by atoms with Crippen molar-refractivity contribution in [2.24, 2.45) is 5.92 Å². The number of rotatable bonds is 5. The van der Waals surface area contributed by atoms with Crippen molar-refractivity contribution >= 4 is 38.9 Å². The molecule has 0 saturated carbocycles. The van der Waals surface area contributed by atoms with Gasteiger partial charge in [0.15, 0.2) is 11.5 Å². The molecular formula is C23H28ClN3O5S. The number of halogens is 1. The first-order chi connectivity index (χ1) is 15.8. The number of sulfonamides is 1. The standard InChI is InChI=1S/C23H28ClN3O5S/c1-26(2)20-6-4-17(14-19(20)24)25-23(28)16-8-10-27(11-9-16)33(29,30)18-5-7-21-22(15-18)32-13-3-12-31-21/h4-7,14-16H,3,8-13H2,1-2H3,(H,25,28). The number of ether oxygens (including phenoxy) is 2. The lowest BCUT2D eigenvalue weighted by molar-refractivity contribution is -0.120. The molecule has 1 amide bonds. The fourth-order valence-corrected chi connectivity index (χ4v) is 5.84. The van der Waals surface area contributed by atoms with Crippen LogP contribution >= 0.6 is 11.6 Å². The Morgan fingerprint density at radius 1 is 1.06 bits per heavy atom. The van der Waals surface area contributed by atoms with Crippen molar-refractivity contribution in [1.29, 1.82) is 0 Å². The highest BCUT2D eigenvalue weighted by Crippen LogP contribution is 2.34. The first-order valence-corrected chi connectivity index (χ1v) is 12.7. The lowest BCUT2D eigenvalue weighted by Crippen LogP contribution is -2.41. The number of piperidine rings is 1. The van der Waals surface area contributed by atoms with Gasteiger partial charge in [-0.05, 0) is 43.2 Å². The second-order valence-electron chi connectivity index (χ2n) is 8.39. The Morgan fingerprint density at radius 3 is 2.42 bits per heavy atom. The quantitative estimate of drug-likeness (QED) is 0.684. The van der Waals surface area contributed by atoms with E-state index in [2.05, 4.69) is 5.32 Å². The number of carbonyl (C=O) groups is 1. The summed E-state index contributed by atoms with van der Waals surface area (Å²) in [6.45, 7) is 1.57. The summed E-state index contributed by atoms with van der Waals surface area (Å²) in [5, 5.41) is 3.45. The molecule has 2 aromatic rings. The van der Waals surface area contributed by atoms with E-state index in [1.54, 1.807) is 18.2 Å². The summed E-state index contributed by atoms with van der Waals surface area (Å²) in [6, 6.07) is 10.1. The highest BCUT2D eigenvalue weighted by Gasteiger charge is 2.33. The van der Waals surface area contributed by atoms with Crippen LogP contribution in [0.15, 0.2) is 41.3 Å². The van der Waals surface area contributed by atoms with Crippen LogP contribution in [0.4, 0.5) is 11.4 Å². The summed E-state index contributed by atoms with van der Waals surface area (Å²) in [6.07, 6.45) is 1.64. The van der Waals surface area contributed by atoms with E-state index in [1.165, 1.54) is 10.4 Å². The van der Waals surface area contributed by atoms with Gasteiger partial charge in [0.05, 0.1) is 28.8 Å². The number of nitrogens with one attached hydrogen (secondary N) is 1. The van der Waals surface area contributed by atoms with Crippen molar-refractivity contribution in [2.75, 3.05) is 50.6 Å². The van der Waals surface area contributed by atoms with Gasteiger partial charge in [0.2, 0.25) is 15.9 Å². The number of nitrogens with zero attached hydrogens (tertiary/aromatic N) is 2. The Bertz CT molecular complexity index is 1130. The molecule has 178 valence electrons. The average Bonchev–Trinajstić information content (AvgIpc) is 3.04. The SMILES string of the molecule is CN(C)c1ccc(NC(=O)C2CCN(S(=O)(=O)c3ccc4c(c3)OCCCO4)CC2)cc1Cl. The van der Waals surface area contributed by atoms with Gasteiger partial charge in [-0.2, -0.15) is 4.31 Å². The zero-order valence-corrected chi connectivity index (χ0v) is 20.3. The number of fused-ring (bicyclic) bond motifs is 1. The molecule has 0 aliphatic carbocycles. The summed E-state index contributed by atoms with van der Waals surface area (Å²) in [5.41, 5.74) is 1.49. The maximum absolute atomic E-state index is 13.2. The monoisotopic (exact) mass is 493 g/mol. The number of hydrogen-bond acceptors (Lipinski definition) is 6. The van der Waals surface area contributed by atoms with Crippen molar-refractivity contribution in [2.45, 2.75) is 24.2 Å². The van der Waals surface area contributed by atoms with E-state index in [0.29, 0.717) is 48.3 Å². The number of carbonyl (C=O) groups excluding carboxylic acids is 1. The first-order valence-electron chi connectivity index (χ1n) is 10.9. The topological polar surface area (TPSA) is 88.2 Å².